The van der Waals surface area contributed by atoms with E-state index in [4.69, 9.17) is 9.47 Å². The first-order chi connectivity index (χ1) is 20.5. The summed E-state index contributed by atoms with van der Waals surface area (Å²) in [7, 11) is -3.48. The van der Waals surface area contributed by atoms with Crippen LogP contribution in [-0.4, -0.2) is 65.9 Å². The lowest BCUT2D eigenvalue weighted by atomic mass is 10.0. The number of anilines is 2. The fourth-order valence-corrected chi connectivity index (χ4v) is 4.48. The van der Waals surface area contributed by atoms with Gasteiger partial charge in [-0.15, -0.1) is 0 Å². The maximum absolute atomic E-state index is 13.4. The van der Waals surface area contributed by atoms with E-state index in [2.05, 4.69) is 25.7 Å². The highest BCUT2D eigenvalue weighted by Crippen LogP contribution is 2.18. The minimum atomic E-state index is -3.48. The number of aromatic nitrogens is 2. The Morgan fingerprint density at radius 1 is 0.977 bits per heavy atom. The molecule has 0 unspecified atom stereocenters. The van der Waals surface area contributed by atoms with Crippen molar-refractivity contribution in [3.05, 3.63) is 78.2 Å². The van der Waals surface area contributed by atoms with Crippen molar-refractivity contribution in [3.63, 3.8) is 0 Å². The highest BCUT2D eigenvalue weighted by atomic mass is 32.2. The zero-order chi connectivity index (χ0) is 32.5. The summed E-state index contributed by atoms with van der Waals surface area (Å²) in [6.45, 7) is 8.40. The van der Waals surface area contributed by atoms with E-state index in [1.807, 2.05) is 30.3 Å². The summed E-state index contributed by atoms with van der Waals surface area (Å²) in [6, 6.07) is 15.1. The van der Waals surface area contributed by atoms with Crippen molar-refractivity contribution < 1.29 is 32.3 Å². The Morgan fingerprint density at radius 2 is 1.64 bits per heavy atom. The van der Waals surface area contributed by atoms with Gasteiger partial charge in [0.05, 0.1) is 38.0 Å². The van der Waals surface area contributed by atoms with E-state index in [-0.39, 0.29) is 25.6 Å². The highest BCUT2D eigenvalue weighted by Gasteiger charge is 2.34. The van der Waals surface area contributed by atoms with Crippen molar-refractivity contribution >= 4 is 39.4 Å². The van der Waals surface area contributed by atoms with E-state index in [0.717, 1.165) is 11.8 Å². The molecule has 0 radical (unpaired) electrons. The summed E-state index contributed by atoms with van der Waals surface area (Å²) >= 11 is 0. The number of nitrogens with zero attached hydrogens (tertiary/aromatic N) is 2. The van der Waals surface area contributed by atoms with Crippen LogP contribution in [-0.2, 0) is 42.2 Å². The molecule has 13 nitrogen and oxygen atoms in total. The number of amides is 3. The molecule has 3 amide bonds. The van der Waals surface area contributed by atoms with E-state index >= 15 is 0 Å². The number of carbonyl (C=O) groups is 3. The molecule has 1 aromatic heterocycles. The third-order valence-corrected chi connectivity index (χ3v) is 6.54. The highest BCUT2D eigenvalue weighted by molar-refractivity contribution is 7.92. The minimum Gasteiger partial charge on any atom is -0.444 e. The van der Waals surface area contributed by atoms with Crippen LogP contribution < -0.4 is 20.7 Å². The van der Waals surface area contributed by atoms with Crippen molar-refractivity contribution in [1.82, 2.24) is 20.2 Å². The summed E-state index contributed by atoms with van der Waals surface area (Å²) in [4.78, 5) is 43.1. The van der Waals surface area contributed by atoms with Gasteiger partial charge in [-0.3, -0.25) is 14.3 Å². The van der Waals surface area contributed by atoms with E-state index in [1.165, 1.54) is 20.2 Å². The molecule has 0 aliphatic carbocycles. The predicted molar refractivity (Wildman–Crippen MR) is 166 cm³/mol. The van der Waals surface area contributed by atoms with Crippen molar-refractivity contribution in [2.75, 3.05) is 22.9 Å². The maximum atomic E-state index is 13.4. The van der Waals surface area contributed by atoms with Gasteiger partial charge >= 0.3 is 6.09 Å². The number of imidazole rings is 1. The standard InChI is InChI=1S/C30H40N6O7S/c1-29(2,3)43-28(39)34-30(4,5)27(38)32-24(19-42-18-21-12-8-7-9-13-21)26(37)33-25-17-36(20-31-25)16-22-14-10-11-15-23(22)35-44(6,40)41/h7-15,17,20,24,35H,16,18-19H2,1-6H3,(H,32,38)(H,33,37)(H,34,39)/t24-/m1/s1. The van der Waals surface area contributed by atoms with Gasteiger partial charge in [0.15, 0.2) is 5.82 Å². The van der Waals surface area contributed by atoms with Crippen LogP contribution in [0, 0.1) is 0 Å². The van der Waals surface area contributed by atoms with Crippen molar-refractivity contribution in [1.29, 1.82) is 0 Å². The number of benzene rings is 2. The molecule has 4 N–H and O–H groups in total. The lowest BCUT2D eigenvalue weighted by molar-refractivity contribution is -0.131. The van der Waals surface area contributed by atoms with Crippen LogP contribution >= 0.6 is 0 Å². The van der Waals surface area contributed by atoms with E-state index in [1.54, 1.807) is 55.8 Å². The number of carbonyl (C=O) groups excluding carboxylic acids is 3. The summed E-state index contributed by atoms with van der Waals surface area (Å²) in [5.41, 5.74) is -0.188. The van der Waals surface area contributed by atoms with Gasteiger partial charge in [0.25, 0.3) is 5.91 Å². The zero-order valence-electron chi connectivity index (χ0n) is 25.7. The minimum absolute atomic E-state index is 0.166. The molecule has 3 aromatic rings. The monoisotopic (exact) mass is 628 g/mol. The Balaban J connectivity index is 1.71. The first-order valence-electron chi connectivity index (χ1n) is 13.8. The van der Waals surface area contributed by atoms with Crippen LogP contribution in [0.15, 0.2) is 67.1 Å². The smallest absolute Gasteiger partial charge is 0.408 e. The van der Waals surface area contributed by atoms with Crippen LogP contribution in [0.2, 0.25) is 0 Å². The molecule has 14 heteroatoms. The van der Waals surface area contributed by atoms with Gasteiger partial charge in [-0.25, -0.2) is 18.2 Å². The first-order valence-corrected chi connectivity index (χ1v) is 15.7. The number of nitrogens with one attached hydrogen (secondary N) is 4. The SMILES string of the molecule is CC(C)(C)OC(=O)NC(C)(C)C(=O)N[C@H](COCc1ccccc1)C(=O)Nc1cn(Cc2ccccc2NS(C)(=O)=O)cn1. The molecule has 3 rings (SSSR count). The third-order valence-electron chi connectivity index (χ3n) is 5.95. The van der Waals surface area contributed by atoms with Gasteiger partial charge in [0, 0.05) is 6.20 Å². The molecule has 1 atom stereocenters. The molecule has 0 fully saturated rings. The van der Waals surface area contributed by atoms with Crippen LogP contribution in [0.1, 0.15) is 45.7 Å². The molecule has 2 aromatic carbocycles. The van der Waals surface area contributed by atoms with Crippen LogP contribution in [0.4, 0.5) is 16.3 Å². The van der Waals surface area contributed by atoms with Crippen molar-refractivity contribution in [2.45, 2.75) is 65.0 Å². The second kappa shape index (κ2) is 14.4. The number of ether oxygens (including phenoxy) is 2. The van der Waals surface area contributed by atoms with Gasteiger partial charge in [-0.2, -0.15) is 0 Å². The Labute approximate surface area is 257 Å². The van der Waals surface area contributed by atoms with E-state index in [0.29, 0.717) is 11.3 Å². The number of hydrogen-bond acceptors (Lipinski definition) is 8. The lowest BCUT2D eigenvalue weighted by Crippen LogP contribution is -2.59. The molecule has 0 saturated carbocycles. The zero-order valence-corrected chi connectivity index (χ0v) is 26.5. The molecule has 0 spiro atoms. The average molecular weight is 629 g/mol. The molecular weight excluding hydrogens is 588 g/mol. The van der Waals surface area contributed by atoms with E-state index in [9.17, 15) is 22.8 Å². The van der Waals surface area contributed by atoms with Gasteiger partial charge < -0.3 is 30.0 Å². The molecular formula is C30H40N6O7S. The average Bonchev–Trinajstić information content (AvgIpc) is 3.34. The molecule has 1 heterocycles. The molecule has 0 saturated heterocycles. The fraction of sp³-hybridized carbons (Fsp3) is 0.400. The summed E-state index contributed by atoms with van der Waals surface area (Å²) in [5.74, 6) is -1.02. The Hall–Kier alpha value is -4.43. The van der Waals surface area contributed by atoms with Crippen LogP contribution in [0.3, 0.4) is 0 Å². The van der Waals surface area contributed by atoms with E-state index < -0.39 is 45.1 Å². The Kier molecular flexibility index (Phi) is 11.1. The van der Waals surface area contributed by atoms with Crippen molar-refractivity contribution in [3.8, 4) is 0 Å². The van der Waals surface area contributed by atoms with Gasteiger partial charge in [0.2, 0.25) is 15.9 Å². The topological polar surface area (TPSA) is 170 Å². The van der Waals surface area contributed by atoms with Crippen LogP contribution in [0.5, 0.6) is 0 Å². The second-order valence-electron chi connectivity index (χ2n) is 11.7. The number of hydrogen-bond donors (Lipinski definition) is 4. The molecule has 0 aliphatic rings. The molecule has 44 heavy (non-hydrogen) atoms. The number of para-hydroxylation sites is 1. The Bertz CT molecular complexity index is 1550. The first kappa shape index (κ1) is 34.1. The summed E-state index contributed by atoms with van der Waals surface area (Å²) in [6.07, 6.45) is 3.35. The third kappa shape index (κ3) is 11.3. The quantitative estimate of drug-likeness (QED) is 0.224. The van der Waals surface area contributed by atoms with Crippen molar-refractivity contribution in [2.24, 2.45) is 0 Å². The fourth-order valence-electron chi connectivity index (χ4n) is 3.88. The molecule has 238 valence electrons. The largest absolute Gasteiger partial charge is 0.444 e. The van der Waals surface area contributed by atoms with Crippen LogP contribution in [0.25, 0.3) is 0 Å². The van der Waals surface area contributed by atoms with Gasteiger partial charge in [-0.05, 0) is 51.8 Å². The predicted octanol–water partition coefficient (Wildman–Crippen LogP) is 3.25. The lowest BCUT2D eigenvalue weighted by Gasteiger charge is -2.29. The molecule has 0 aliphatic heterocycles. The number of rotatable bonds is 13. The summed E-state index contributed by atoms with van der Waals surface area (Å²) < 4.78 is 38.7. The Morgan fingerprint density at radius 3 is 2.30 bits per heavy atom. The normalized spacial score (nSPS) is 12.6. The second-order valence-corrected chi connectivity index (χ2v) is 13.5. The maximum Gasteiger partial charge on any atom is 0.408 e. The summed E-state index contributed by atoms with van der Waals surface area (Å²) in [5, 5.41) is 7.88. The number of sulfonamides is 1. The van der Waals surface area contributed by atoms with Gasteiger partial charge in [0.1, 0.15) is 17.2 Å². The number of alkyl carbamates (subject to hydrolysis) is 1. The van der Waals surface area contributed by atoms with Gasteiger partial charge in [-0.1, -0.05) is 48.5 Å². The molecule has 0 bridgehead atoms.